The summed E-state index contributed by atoms with van der Waals surface area (Å²) in [6, 6.07) is 18.3. The van der Waals surface area contributed by atoms with E-state index < -0.39 is 6.09 Å². The third-order valence-electron chi connectivity index (χ3n) is 6.19. The summed E-state index contributed by atoms with van der Waals surface area (Å²) < 4.78 is 11.5. The molecule has 0 bridgehead atoms. The average Bonchev–Trinajstić information content (AvgIpc) is 2.96. The van der Waals surface area contributed by atoms with Gasteiger partial charge in [-0.05, 0) is 35.4 Å². The van der Waals surface area contributed by atoms with Crippen molar-refractivity contribution < 1.29 is 14.3 Å². The molecule has 40 heavy (non-hydrogen) atoms. The number of aromatic nitrogens is 3. The summed E-state index contributed by atoms with van der Waals surface area (Å²) in [7, 11) is 1.67. The molecule has 1 N–H and O–H groups in total. The number of pyridine rings is 1. The second-order valence-corrected chi connectivity index (χ2v) is 10.2. The van der Waals surface area contributed by atoms with E-state index in [2.05, 4.69) is 25.2 Å². The van der Waals surface area contributed by atoms with Crippen LogP contribution >= 0.6 is 23.2 Å². The Morgan fingerprint density at radius 2 is 1.68 bits per heavy atom. The number of anilines is 1. The first-order chi connectivity index (χ1) is 19.4. The van der Waals surface area contributed by atoms with Crippen LogP contribution in [0.4, 0.5) is 10.7 Å². The van der Waals surface area contributed by atoms with Gasteiger partial charge in [0, 0.05) is 61.4 Å². The highest BCUT2D eigenvalue weighted by Crippen LogP contribution is 2.30. The Morgan fingerprint density at radius 1 is 0.975 bits per heavy atom. The van der Waals surface area contributed by atoms with Crippen molar-refractivity contribution >= 4 is 35.2 Å². The normalized spacial score (nSPS) is 13.1. The van der Waals surface area contributed by atoms with Crippen molar-refractivity contribution in [2.75, 3.05) is 38.1 Å². The second-order valence-electron chi connectivity index (χ2n) is 9.31. The van der Waals surface area contributed by atoms with Crippen LogP contribution in [0.1, 0.15) is 11.1 Å². The largest absolute Gasteiger partial charge is 0.445 e. The molecule has 0 spiro atoms. The van der Waals surface area contributed by atoms with E-state index in [4.69, 9.17) is 32.7 Å². The lowest BCUT2D eigenvalue weighted by atomic mass is 10.1. The molecule has 2 aromatic carbocycles. The average molecular weight is 579 g/mol. The summed E-state index contributed by atoms with van der Waals surface area (Å²) >= 11 is 12.5. The van der Waals surface area contributed by atoms with Crippen LogP contribution in [0.15, 0.2) is 73.1 Å². The summed E-state index contributed by atoms with van der Waals surface area (Å²) in [6.45, 7) is 3.91. The van der Waals surface area contributed by atoms with Crippen molar-refractivity contribution in [1.29, 1.82) is 0 Å². The van der Waals surface area contributed by atoms with Crippen molar-refractivity contribution in [1.82, 2.24) is 25.2 Å². The molecule has 206 valence electrons. The van der Waals surface area contributed by atoms with Gasteiger partial charge in [-0.2, -0.15) is 0 Å². The molecule has 9 nitrogen and oxygen atoms in total. The molecule has 5 rings (SSSR count). The van der Waals surface area contributed by atoms with Crippen LogP contribution in [-0.2, 0) is 17.9 Å². The molecule has 4 aromatic rings. The molecular weight excluding hydrogens is 551 g/mol. The Hall–Kier alpha value is -3.92. The van der Waals surface area contributed by atoms with Gasteiger partial charge in [0.1, 0.15) is 6.61 Å². The van der Waals surface area contributed by atoms with Crippen molar-refractivity contribution in [2.24, 2.45) is 0 Å². The second kappa shape index (κ2) is 13.0. The molecule has 3 heterocycles. The summed E-state index contributed by atoms with van der Waals surface area (Å²) in [5, 5.41) is 4.28. The highest BCUT2D eigenvalue weighted by Gasteiger charge is 2.16. The molecule has 0 unspecified atom stereocenters. The zero-order valence-electron chi connectivity index (χ0n) is 21.9. The number of piperazine rings is 1. The number of benzene rings is 2. The number of nitrogens with zero attached hydrogens (tertiary/aromatic N) is 5. The van der Waals surface area contributed by atoms with Crippen LogP contribution in [-0.4, -0.2) is 59.2 Å². The van der Waals surface area contributed by atoms with Gasteiger partial charge < -0.3 is 24.6 Å². The molecule has 0 atom stereocenters. The minimum atomic E-state index is -0.451. The monoisotopic (exact) mass is 578 g/mol. The van der Waals surface area contributed by atoms with Gasteiger partial charge >= 0.3 is 6.09 Å². The number of nitrogens with one attached hydrogen (secondary N) is 1. The molecule has 11 heteroatoms. The SMILES string of the molecule is CN(Cc1cc(Oc2cnc(N3CCNCC3)nc2)nc(-c2cc(Cl)cc(Cl)c2)c1)C(=O)OCc1ccccc1. The van der Waals surface area contributed by atoms with Gasteiger partial charge in [0.05, 0.1) is 18.1 Å². The minimum absolute atomic E-state index is 0.185. The third kappa shape index (κ3) is 7.38. The quantitative estimate of drug-likeness (QED) is 0.280. The van der Waals surface area contributed by atoms with Crippen molar-refractivity contribution in [2.45, 2.75) is 13.2 Å². The van der Waals surface area contributed by atoms with Gasteiger partial charge in [-0.1, -0.05) is 53.5 Å². The molecular formula is C29H28Cl2N6O3. The first kappa shape index (κ1) is 27.6. The standard InChI is InChI=1S/C29H28Cl2N6O3/c1-36(29(38)39-19-20-5-3-2-4-6-20)18-21-11-26(22-13-23(30)15-24(31)14-22)35-27(12-21)40-25-16-33-28(34-17-25)37-9-7-32-8-10-37/h2-6,11-17,32H,7-10,18-19H2,1H3. The Balaban J connectivity index is 1.35. The number of carbonyl (C=O) groups excluding carboxylic acids is 1. The first-order valence-electron chi connectivity index (χ1n) is 12.8. The maximum absolute atomic E-state index is 12.7. The van der Waals surface area contributed by atoms with Crippen molar-refractivity contribution in [3.8, 4) is 22.9 Å². The Labute approximate surface area is 242 Å². The highest BCUT2D eigenvalue weighted by atomic mass is 35.5. The summed E-state index contributed by atoms with van der Waals surface area (Å²) in [4.78, 5) is 29.9. The number of ether oxygens (including phenoxy) is 2. The minimum Gasteiger partial charge on any atom is -0.445 e. The van der Waals surface area contributed by atoms with E-state index in [9.17, 15) is 4.79 Å². The van der Waals surface area contributed by atoms with Gasteiger partial charge in [0.2, 0.25) is 11.8 Å². The number of halogens is 2. The van der Waals surface area contributed by atoms with Gasteiger partial charge in [-0.25, -0.2) is 19.7 Å². The van der Waals surface area contributed by atoms with E-state index in [-0.39, 0.29) is 13.2 Å². The molecule has 1 aliphatic heterocycles. The van der Waals surface area contributed by atoms with Crippen LogP contribution < -0.4 is 15.0 Å². The molecule has 1 aliphatic rings. The maximum Gasteiger partial charge on any atom is 0.410 e. The van der Waals surface area contributed by atoms with Crippen LogP contribution in [0.5, 0.6) is 11.6 Å². The molecule has 1 fully saturated rings. The van der Waals surface area contributed by atoms with Gasteiger partial charge in [-0.15, -0.1) is 0 Å². The zero-order chi connectivity index (χ0) is 27.9. The zero-order valence-corrected chi connectivity index (χ0v) is 23.4. The number of rotatable bonds is 8. The summed E-state index contributed by atoms with van der Waals surface area (Å²) in [5.74, 6) is 1.41. The van der Waals surface area contributed by atoms with Crippen molar-refractivity contribution in [3.05, 3.63) is 94.2 Å². The summed E-state index contributed by atoms with van der Waals surface area (Å²) in [5.41, 5.74) is 2.98. The Bertz CT molecular complexity index is 1430. The molecule has 0 saturated carbocycles. The number of hydrogen-bond donors (Lipinski definition) is 1. The van der Waals surface area contributed by atoms with Gasteiger partial charge in [0.25, 0.3) is 0 Å². The molecule has 0 radical (unpaired) electrons. The van der Waals surface area contributed by atoms with Gasteiger partial charge in [-0.3, -0.25) is 0 Å². The lowest BCUT2D eigenvalue weighted by molar-refractivity contribution is 0.103. The number of hydrogen-bond acceptors (Lipinski definition) is 8. The molecule has 1 saturated heterocycles. The van der Waals surface area contributed by atoms with E-state index in [1.54, 1.807) is 43.7 Å². The van der Waals surface area contributed by atoms with E-state index in [0.717, 1.165) is 37.3 Å². The summed E-state index contributed by atoms with van der Waals surface area (Å²) in [6.07, 6.45) is 2.80. The molecule has 2 aromatic heterocycles. The topological polar surface area (TPSA) is 92.7 Å². The Kier molecular flexibility index (Phi) is 8.95. The lowest BCUT2D eigenvalue weighted by Crippen LogP contribution is -2.44. The smallest absolute Gasteiger partial charge is 0.410 e. The molecule has 0 aliphatic carbocycles. The Morgan fingerprint density at radius 3 is 2.38 bits per heavy atom. The van der Waals surface area contributed by atoms with Crippen molar-refractivity contribution in [3.63, 3.8) is 0 Å². The fraction of sp³-hybridized carbons (Fsp3) is 0.241. The fourth-order valence-corrected chi connectivity index (χ4v) is 4.76. The predicted octanol–water partition coefficient (Wildman–Crippen LogP) is 5.82. The van der Waals surface area contributed by atoms with Crippen LogP contribution in [0.2, 0.25) is 10.0 Å². The third-order valence-corrected chi connectivity index (χ3v) is 6.63. The lowest BCUT2D eigenvalue weighted by Gasteiger charge is -2.27. The van der Waals surface area contributed by atoms with E-state index in [1.165, 1.54) is 4.90 Å². The number of amides is 1. The molecule has 1 amide bonds. The van der Waals surface area contributed by atoms with Gasteiger partial charge in [0.15, 0.2) is 5.75 Å². The van der Waals surface area contributed by atoms with E-state index in [1.807, 2.05) is 36.4 Å². The number of carbonyl (C=O) groups is 1. The van der Waals surface area contributed by atoms with Crippen LogP contribution in [0.3, 0.4) is 0 Å². The van der Waals surface area contributed by atoms with E-state index in [0.29, 0.717) is 38.9 Å². The highest BCUT2D eigenvalue weighted by molar-refractivity contribution is 6.35. The predicted molar refractivity (Wildman–Crippen MR) is 155 cm³/mol. The van der Waals surface area contributed by atoms with E-state index >= 15 is 0 Å². The van der Waals surface area contributed by atoms with Crippen LogP contribution in [0, 0.1) is 0 Å². The fourth-order valence-electron chi connectivity index (χ4n) is 4.23. The maximum atomic E-state index is 12.7. The first-order valence-corrected chi connectivity index (χ1v) is 13.5. The van der Waals surface area contributed by atoms with Crippen LogP contribution in [0.25, 0.3) is 11.3 Å².